The Morgan fingerprint density at radius 1 is 1.33 bits per heavy atom. The van der Waals surface area contributed by atoms with Gasteiger partial charge in [-0.1, -0.05) is 24.4 Å². The first-order chi connectivity index (χ1) is 9.91. The van der Waals surface area contributed by atoms with Crippen LogP contribution in [0.25, 0.3) is 0 Å². The van der Waals surface area contributed by atoms with Crippen LogP contribution >= 0.6 is 0 Å². The molecule has 21 heavy (non-hydrogen) atoms. The number of amidine groups is 1. The third-order valence-corrected chi connectivity index (χ3v) is 4.88. The molecule has 0 atom stereocenters. The fourth-order valence-electron chi connectivity index (χ4n) is 2.61. The molecule has 0 heterocycles. The molecular weight excluding hydrogens is 290 g/mol. The molecule has 0 bridgehead atoms. The van der Waals surface area contributed by atoms with E-state index in [0.717, 1.165) is 19.1 Å². The van der Waals surface area contributed by atoms with E-state index in [1.807, 2.05) is 0 Å². The minimum Gasteiger partial charge on any atom is -0.409 e. The molecule has 6 nitrogen and oxygen atoms in total. The second kappa shape index (κ2) is 6.34. The van der Waals surface area contributed by atoms with Crippen LogP contribution in [0.1, 0.15) is 37.7 Å². The van der Waals surface area contributed by atoms with Crippen molar-refractivity contribution in [3.05, 3.63) is 23.8 Å². The fraction of sp³-hybridized carbons (Fsp3) is 0.500. The molecule has 0 radical (unpaired) electrons. The molecule has 0 spiro atoms. The second-order valence-electron chi connectivity index (χ2n) is 5.44. The molecule has 1 aromatic carbocycles. The Hall–Kier alpha value is -1.76. The average Bonchev–Trinajstić information content (AvgIpc) is 2.47. The lowest BCUT2D eigenvalue weighted by atomic mass is 9.95. The molecule has 1 aliphatic rings. The van der Waals surface area contributed by atoms with Crippen molar-refractivity contribution < 1.29 is 13.6 Å². The molecule has 0 unspecified atom stereocenters. The SMILES string of the molecule is CS(=O)(=O)c1ccc(NC2CCCCC2)c(/C(N)=N/O)c1. The predicted octanol–water partition coefficient (Wildman–Crippen LogP) is 1.93. The highest BCUT2D eigenvalue weighted by Crippen LogP contribution is 2.25. The Balaban J connectivity index is 2.35. The maximum Gasteiger partial charge on any atom is 0.175 e. The van der Waals surface area contributed by atoms with Crippen LogP contribution in [0, 0.1) is 0 Å². The number of hydrogen-bond donors (Lipinski definition) is 3. The number of nitrogens with two attached hydrogens (primary N) is 1. The summed E-state index contributed by atoms with van der Waals surface area (Å²) in [5.41, 5.74) is 6.78. The van der Waals surface area contributed by atoms with E-state index in [1.54, 1.807) is 6.07 Å². The molecule has 0 aromatic heterocycles. The maximum atomic E-state index is 11.6. The van der Waals surface area contributed by atoms with Gasteiger partial charge in [0.2, 0.25) is 0 Å². The molecule has 4 N–H and O–H groups in total. The molecule has 2 rings (SSSR count). The van der Waals surface area contributed by atoms with E-state index in [0.29, 0.717) is 17.3 Å². The van der Waals surface area contributed by atoms with Crippen molar-refractivity contribution in [3.8, 4) is 0 Å². The lowest BCUT2D eigenvalue weighted by molar-refractivity contribution is 0.318. The van der Waals surface area contributed by atoms with Crippen molar-refractivity contribution in [1.82, 2.24) is 0 Å². The Bertz CT molecular complexity index is 635. The van der Waals surface area contributed by atoms with Gasteiger partial charge in [-0.25, -0.2) is 8.42 Å². The van der Waals surface area contributed by atoms with Crippen molar-refractivity contribution in [2.75, 3.05) is 11.6 Å². The molecule has 7 heteroatoms. The van der Waals surface area contributed by atoms with Gasteiger partial charge in [0, 0.05) is 23.5 Å². The van der Waals surface area contributed by atoms with Crippen LogP contribution in [0.2, 0.25) is 0 Å². The van der Waals surface area contributed by atoms with Crippen LogP contribution in [0.3, 0.4) is 0 Å². The summed E-state index contributed by atoms with van der Waals surface area (Å²) in [4.78, 5) is 0.151. The van der Waals surface area contributed by atoms with Gasteiger partial charge >= 0.3 is 0 Å². The summed E-state index contributed by atoms with van der Waals surface area (Å²) in [5, 5.41) is 15.3. The van der Waals surface area contributed by atoms with Gasteiger partial charge in [0.05, 0.1) is 4.90 Å². The zero-order valence-electron chi connectivity index (χ0n) is 12.0. The molecule has 1 saturated carbocycles. The van der Waals surface area contributed by atoms with Gasteiger partial charge in [0.15, 0.2) is 15.7 Å². The highest BCUT2D eigenvalue weighted by atomic mass is 32.2. The fourth-order valence-corrected chi connectivity index (χ4v) is 3.26. The van der Waals surface area contributed by atoms with Crippen molar-refractivity contribution >= 4 is 21.4 Å². The first-order valence-corrected chi connectivity index (χ1v) is 8.89. The zero-order chi connectivity index (χ0) is 15.5. The van der Waals surface area contributed by atoms with E-state index < -0.39 is 9.84 Å². The Morgan fingerprint density at radius 3 is 2.57 bits per heavy atom. The predicted molar refractivity (Wildman–Crippen MR) is 82.6 cm³/mol. The number of hydrogen-bond acceptors (Lipinski definition) is 5. The number of nitrogens with one attached hydrogen (secondary N) is 1. The highest BCUT2D eigenvalue weighted by Gasteiger charge is 2.18. The third-order valence-electron chi connectivity index (χ3n) is 3.77. The van der Waals surface area contributed by atoms with Gasteiger partial charge in [-0.2, -0.15) is 0 Å². The second-order valence-corrected chi connectivity index (χ2v) is 7.46. The summed E-state index contributed by atoms with van der Waals surface area (Å²) in [6.07, 6.45) is 6.88. The number of sulfone groups is 1. The standard InChI is InChI=1S/C14H21N3O3S/c1-21(19,20)11-7-8-13(12(9-11)14(15)17-18)16-10-5-3-2-4-6-10/h7-10,16,18H,2-6H2,1H3,(H2,15,17). The minimum absolute atomic E-state index is 0.0983. The van der Waals surface area contributed by atoms with Crippen molar-refractivity contribution in [2.24, 2.45) is 10.9 Å². The van der Waals surface area contributed by atoms with Crippen molar-refractivity contribution in [2.45, 2.75) is 43.0 Å². The van der Waals surface area contributed by atoms with Gasteiger partial charge in [0.1, 0.15) is 0 Å². The van der Waals surface area contributed by atoms with Crippen LogP contribution in [-0.4, -0.2) is 31.8 Å². The largest absolute Gasteiger partial charge is 0.409 e. The summed E-state index contributed by atoms with van der Waals surface area (Å²) in [7, 11) is -3.34. The van der Waals surface area contributed by atoms with Gasteiger partial charge < -0.3 is 16.3 Å². The average molecular weight is 311 g/mol. The van der Waals surface area contributed by atoms with E-state index in [1.165, 1.54) is 31.4 Å². The third kappa shape index (κ3) is 3.87. The summed E-state index contributed by atoms with van der Waals surface area (Å²) >= 11 is 0. The van der Waals surface area contributed by atoms with Gasteiger partial charge in [-0.3, -0.25) is 0 Å². The van der Waals surface area contributed by atoms with Crippen LogP contribution in [0.5, 0.6) is 0 Å². The lowest BCUT2D eigenvalue weighted by Crippen LogP contribution is -2.25. The molecule has 1 fully saturated rings. The maximum absolute atomic E-state index is 11.6. The Kier molecular flexibility index (Phi) is 4.72. The molecule has 116 valence electrons. The van der Waals surface area contributed by atoms with Gasteiger partial charge in [0.25, 0.3) is 0 Å². The molecule has 1 aliphatic carbocycles. The van der Waals surface area contributed by atoms with Crippen molar-refractivity contribution in [3.63, 3.8) is 0 Å². The molecule has 0 saturated heterocycles. The first-order valence-electron chi connectivity index (χ1n) is 7.00. The van der Waals surface area contributed by atoms with E-state index in [-0.39, 0.29) is 10.7 Å². The topological polar surface area (TPSA) is 105 Å². The smallest absolute Gasteiger partial charge is 0.175 e. The van der Waals surface area contributed by atoms with Crippen LogP contribution < -0.4 is 11.1 Å². The number of benzene rings is 1. The van der Waals surface area contributed by atoms with E-state index in [9.17, 15) is 8.42 Å². The quantitative estimate of drug-likeness (QED) is 0.341. The van der Waals surface area contributed by atoms with Crippen LogP contribution in [0.4, 0.5) is 5.69 Å². The minimum atomic E-state index is -3.34. The number of nitrogens with zero attached hydrogens (tertiary/aromatic N) is 1. The van der Waals surface area contributed by atoms with Gasteiger partial charge in [-0.15, -0.1) is 0 Å². The van der Waals surface area contributed by atoms with Gasteiger partial charge in [-0.05, 0) is 31.0 Å². The molecular formula is C14H21N3O3S. The summed E-state index contributed by atoms with van der Waals surface area (Å²) < 4.78 is 23.3. The summed E-state index contributed by atoms with van der Waals surface area (Å²) in [6.45, 7) is 0. The van der Waals surface area contributed by atoms with Crippen LogP contribution in [-0.2, 0) is 9.84 Å². The molecule has 0 amide bonds. The van der Waals surface area contributed by atoms with E-state index in [2.05, 4.69) is 10.5 Å². The van der Waals surface area contributed by atoms with Crippen molar-refractivity contribution in [1.29, 1.82) is 0 Å². The summed E-state index contributed by atoms with van der Waals surface area (Å²) in [5.74, 6) is -0.0983. The molecule has 1 aromatic rings. The highest BCUT2D eigenvalue weighted by molar-refractivity contribution is 7.90. The van der Waals surface area contributed by atoms with E-state index >= 15 is 0 Å². The number of rotatable bonds is 4. The monoisotopic (exact) mass is 311 g/mol. The zero-order valence-corrected chi connectivity index (χ0v) is 12.9. The Labute approximate surface area is 125 Å². The van der Waals surface area contributed by atoms with Crippen LogP contribution in [0.15, 0.2) is 28.3 Å². The normalized spacial score (nSPS) is 17.7. The first kappa shape index (κ1) is 15.6. The summed E-state index contributed by atoms with van der Waals surface area (Å²) in [6, 6.07) is 5.00. The number of anilines is 1. The lowest BCUT2D eigenvalue weighted by Gasteiger charge is -2.25. The van der Waals surface area contributed by atoms with E-state index in [4.69, 9.17) is 10.9 Å². The Morgan fingerprint density at radius 2 is 2.00 bits per heavy atom. The number of oxime groups is 1. The molecule has 0 aliphatic heterocycles.